The molecule has 1 rings (SSSR count). The van der Waals surface area contributed by atoms with Gasteiger partial charge in [-0.2, -0.15) is 4.31 Å². The zero-order valence-corrected chi connectivity index (χ0v) is 15.0. The molecule has 0 saturated heterocycles. The highest BCUT2D eigenvalue weighted by molar-refractivity contribution is 7.89. The lowest BCUT2D eigenvalue weighted by Crippen LogP contribution is -2.50. The number of methoxy groups -OCH3 is 2. The number of carbonyl (C=O) groups excluding carboxylic acids is 1. The zero-order chi connectivity index (χ0) is 18.3. The van der Waals surface area contributed by atoms with E-state index in [2.05, 4.69) is 13.2 Å². The van der Waals surface area contributed by atoms with Crippen LogP contribution in [0.5, 0.6) is 0 Å². The van der Waals surface area contributed by atoms with Gasteiger partial charge in [0.15, 0.2) is 0 Å². The highest BCUT2D eigenvalue weighted by atomic mass is 32.2. The Hall–Kier alpha value is -1.96. The first-order chi connectivity index (χ1) is 11.3. The summed E-state index contributed by atoms with van der Waals surface area (Å²) < 4.78 is 37.1. The highest BCUT2D eigenvalue weighted by Crippen LogP contribution is 2.25. The number of rotatable bonds is 9. The average molecular weight is 353 g/mol. The summed E-state index contributed by atoms with van der Waals surface area (Å²) in [6, 6.07) is 5.22. The molecule has 6 nitrogen and oxygen atoms in total. The summed E-state index contributed by atoms with van der Waals surface area (Å²) in [7, 11) is -1.49. The van der Waals surface area contributed by atoms with E-state index in [1.165, 1.54) is 38.5 Å². The molecule has 2 unspecified atom stereocenters. The third kappa shape index (κ3) is 4.31. The third-order valence-electron chi connectivity index (χ3n) is 3.46. The largest absolute Gasteiger partial charge is 0.468 e. The van der Waals surface area contributed by atoms with E-state index in [-0.39, 0.29) is 11.3 Å². The first-order valence-corrected chi connectivity index (χ1v) is 8.71. The lowest BCUT2D eigenvalue weighted by Gasteiger charge is -2.32. The van der Waals surface area contributed by atoms with Crippen molar-refractivity contribution in [2.75, 3.05) is 14.2 Å². The fourth-order valence-electron chi connectivity index (χ4n) is 2.22. The molecule has 0 aliphatic rings. The number of nitrogens with zero attached hydrogens (tertiary/aromatic N) is 1. The van der Waals surface area contributed by atoms with E-state index in [4.69, 9.17) is 9.47 Å². The van der Waals surface area contributed by atoms with Crippen molar-refractivity contribution in [3.63, 3.8) is 0 Å². The quantitative estimate of drug-likeness (QED) is 0.387. The number of aryl methyl sites for hydroxylation is 1. The Kier molecular flexibility index (Phi) is 7.34. The van der Waals surface area contributed by atoms with E-state index in [9.17, 15) is 13.2 Å². The van der Waals surface area contributed by atoms with Crippen molar-refractivity contribution in [1.82, 2.24) is 4.31 Å². The van der Waals surface area contributed by atoms with E-state index in [0.29, 0.717) is 0 Å². The molecule has 1 aromatic rings. The second-order valence-corrected chi connectivity index (χ2v) is 6.92. The van der Waals surface area contributed by atoms with Crippen molar-refractivity contribution >= 4 is 16.0 Å². The van der Waals surface area contributed by atoms with Crippen LogP contribution in [0.1, 0.15) is 12.0 Å². The Balaban J connectivity index is 3.50. The standard InChI is InChI=1S/C17H23NO5S/c1-6-8-15(17(19)23-5)18(16(7-2)22-4)24(20,21)14-11-9-13(3)10-12-14/h6-7,9-12,15-16H,1-2,8H2,3-5H3. The minimum atomic E-state index is -4.03. The normalized spacial score (nSPS) is 14.0. The predicted molar refractivity (Wildman–Crippen MR) is 91.8 cm³/mol. The number of sulfonamides is 1. The van der Waals surface area contributed by atoms with Gasteiger partial charge in [0, 0.05) is 7.11 Å². The molecule has 0 saturated carbocycles. The number of ether oxygens (including phenoxy) is 2. The number of carbonyl (C=O) groups is 1. The summed E-state index contributed by atoms with van der Waals surface area (Å²) in [4.78, 5) is 12.2. The molecular formula is C17H23NO5S. The molecule has 2 atom stereocenters. The van der Waals surface area contributed by atoms with Gasteiger partial charge >= 0.3 is 5.97 Å². The topological polar surface area (TPSA) is 72.9 Å². The fraction of sp³-hybridized carbons (Fsp3) is 0.353. The predicted octanol–water partition coefficient (Wildman–Crippen LogP) is 2.26. The van der Waals surface area contributed by atoms with Gasteiger partial charge in [0.25, 0.3) is 0 Å². The van der Waals surface area contributed by atoms with Gasteiger partial charge in [0.1, 0.15) is 12.3 Å². The van der Waals surface area contributed by atoms with Crippen LogP contribution in [0.3, 0.4) is 0 Å². The van der Waals surface area contributed by atoms with Crippen molar-refractivity contribution in [2.45, 2.75) is 30.5 Å². The van der Waals surface area contributed by atoms with Crippen molar-refractivity contribution in [2.24, 2.45) is 0 Å². The molecular weight excluding hydrogens is 330 g/mol. The van der Waals surface area contributed by atoms with Crippen LogP contribution in [0.25, 0.3) is 0 Å². The maximum atomic E-state index is 13.1. The average Bonchev–Trinajstić information content (AvgIpc) is 2.57. The van der Waals surface area contributed by atoms with E-state index in [0.717, 1.165) is 9.87 Å². The number of hydrogen-bond donors (Lipinski definition) is 0. The Bertz CT molecular complexity index is 681. The lowest BCUT2D eigenvalue weighted by atomic mass is 10.2. The van der Waals surface area contributed by atoms with Crippen molar-refractivity contribution < 1.29 is 22.7 Å². The molecule has 0 radical (unpaired) electrons. The van der Waals surface area contributed by atoms with Crippen molar-refractivity contribution in [3.8, 4) is 0 Å². The maximum Gasteiger partial charge on any atom is 0.324 e. The van der Waals surface area contributed by atoms with Gasteiger partial charge < -0.3 is 9.47 Å². The molecule has 0 spiro atoms. The summed E-state index contributed by atoms with van der Waals surface area (Å²) in [5.74, 6) is -0.700. The molecule has 0 N–H and O–H groups in total. The summed E-state index contributed by atoms with van der Waals surface area (Å²) in [5.41, 5.74) is 0.920. The van der Waals surface area contributed by atoms with Crippen LogP contribution in [-0.4, -0.2) is 45.2 Å². The first kappa shape index (κ1) is 20.1. The van der Waals surface area contributed by atoms with Crippen LogP contribution in [0, 0.1) is 6.92 Å². The van der Waals surface area contributed by atoms with Gasteiger partial charge in [-0.1, -0.05) is 30.4 Å². The minimum Gasteiger partial charge on any atom is -0.468 e. The Morgan fingerprint density at radius 3 is 2.25 bits per heavy atom. The second kappa shape index (κ2) is 8.77. The van der Waals surface area contributed by atoms with Gasteiger partial charge in [-0.3, -0.25) is 4.79 Å². The van der Waals surface area contributed by atoms with E-state index in [1.807, 2.05) is 6.92 Å². The molecule has 0 aliphatic carbocycles. The summed E-state index contributed by atoms with van der Waals surface area (Å²) in [6.07, 6.45) is 1.81. The van der Waals surface area contributed by atoms with Gasteiger partial charge in [0.05, 0.1) is 12.0 Å². The molecule has 0 aromatic heterocycles. The van der Waals surface area contributed by atoms with Gasteiger partial charge in [-0.05, 0) is 31.6 Å². The number of hydrogen-bond acceptors (Lipinski definition) is 5. The number of esters is 1. The van der Waals surface area contributed by atoms with Crippen LogP contribution < -0.4 is 0 Å². The first-order valence-electron chi connectivity index (χ1n) is 7.27. The third-order valence-corrected chi connectivity index (χ3v) is 5.35. The van der Waals surface area contributed by atoms with Crippen molar-refractivity contribution in [3.05, 3.63) is 55.1 Å². The fourth-order valence-corrected chi connectivity index (χ4v) is 3.89. The number of benzene rings is 1. The van der Waals surface area contributed by atoms with E-state index < -0.39 is 28.3 Å². The molecule has 132 valence electrons. The van der Waals surface area contributed by atoms with Gasteiger partial charge in [-0.25, -0.2) is 8.42 Å². The van der Waals surface area contributed by atoms with Crippen LogP contribution in [0.4, 0.5) is 0 Å². The molecule has 1 aromatic carbocycles. The van der Waals surface area contributed by atoms with Crippen LogP contribution in [0.15, 0.2) is 54.5 Å². The second-order valence-electron chi connectivity index (χ2n) is 5.07. The van der Waals surface area contributed by atoms with Crippen LogP contribution >= 0.6 is 0 Å². The SMILES string of the molecule is C=CCC(C(=O)OC)N(C(C=C)OC)S(=O)(=O)c1ccc(C)cc1. The van der Waals surface area contributed by atoms with Crippen LogP contribution in [0.2, 0.25) is 0 Å². The van der Waals surface area contributed by atoms with Gasteiger partial charge in [0.2, 0.25) is 10.0 Å². The van der Waals surface area contributed by atoms with E-state index in [1.54, 1.807) is 12.1 Å². The molecule has 0 bridgehead atoms. The molecule has 7 heteroatoms. The smallest absolute Gasteiger partial charge is 0.324 e. The summed E-state index contributed by atoms with van der Waals surface area (Å²) in [6.45, 7) is 9.03. The zero-order valence-electron chi connectivity index (χ0n) is 14.1. The monoisotopic (exact) mass is 353 g/mol. The van der Waals surface area contributed by atoms with E-state index >= 15 is 0 Å². The molecule has 0 fully saturated rings. The minimum absolute atomic E-state index is 0.0509. The Labute approximate surface area is 143 Å². The highest BCUT2D eigenvalue weighted by Gasteiger charge is 2.40. The van der Waals surface area contributed by atoms with Crippen molar-refractivity contribution in [1.29, 1.82) is 0 Å². The Morgan fingerprint density at radius 2 is 1.83 bits per heavy atom. The lowest BCUT2D eigenvalue weighted by molar-refractivity contribution is -0.147. The molecule has 0 aliphatic heterocycles. The van der Waals surface area contributed by atoms with Gasteiger partial charge in [-0.15, -0.1) is 6.58 Å². The molecule has 0 heterocycles. The summed E-state index contributed by atoms with van der Waals surface area (Å²) in [5, 5.41) is 0. The Morgan fingerprint density at radius 1 is 1.25 bits per heavy atom. The molecule has 0 amide bonds. The molecule has 24 heavy (non-hydrogen) atoms. The van der Waals surface area contributed by atoms with Crippen LogP contribution in [-0.2, 0) is 24.3 Å². The maximum absolute atomic E-state index is 13.1. The summed E-state index contributed by atoms with van der Waals surface area (Å²) >= 11 is 0.